The van der Waals surface area contributed by atoms with Gasteiger partial charge in [-0.3, -0.25) is 0 Å². The normalized spacial score (nSPS) is 12.1. The number of thiophene rings is 1. The molecule has 14 rings (SSSR count). The molecule has 4 heterocycles. The minimum atomic E-state index is 0.543. The van der Waals surface area contributed by atoms with Crippen LogP contribution in [0.5, 0.6) is 0 Å². The molecule has 0 saturated heterocycles. The molecular formula is C57H32N4OS. The van der Waals surface area contributed by atoms with Crippen molar-refractivity contribution in [3.8, 4) is 39.9 Å². The summed E-state index contributed by atoms with van der Waals surface area (Å²) in [5, 5.41) is 13.9. The van der Waals surface area contributed by atoms with Gasteiger partial charge < -0.3 is 8.98 Å². The second-order valence-electron chi connectivity index (χ2n) is 16.3. The Kier molecular flexibility index (Phi) is 7.21. The van der Waals surface area contributed by atoms with Crippen molar-refractivity contribution in [1.29, 1.82) is 0 Å². The lowest BCUT2D eigenvalue weighted by molar-refractivity contribution is 0.669. The first-order chi connectivity index (χ1) is 31.2. The molecule has 6 heteroatoms. The van der Waals surface area contributed by atoms with Crippen molar-refractivity contribution in [2.45, 2.75) is 0 Å². The van der Waals surface area contributed by atoms with E-state index in [2.05, 4.69) is 187 Å². The quantitative estimate of drug-likeness (QED) is 0.177. The molecule has 0 bridgehead atoms. The molecule has 0 amide bonds. The highest BCUT2D eigenvalue weighted by Crippen LogP contribution is 2.43. The third-order valence-electron chi connectivity index (χ3n) is 12.8. The molecule has 63 heavy (non-hydrogen) atoms. The summed E-state index contributed by atoms with van der Waals surface area (Å²) in [6.45, 7) is 0. The van der Waals surface area contributed by atoms with Crippen molar-refractivity contribution in [3.05, 3.63) is 194 Å². The molecular weight excluding hydrogens is 789 g/mol. The summed E-state index contributed by atoms with van der Waals surface area (Å²) < 4.78 is 11.7. The van der Waals surface area contributed by atoms with E-state index >= 15 is 0 Å². The third kappa shape index (κ3) is 5.19. The van der Waals surface area contributed by atoms with Crippen LogP contribution >= 0.6 is 11.3 Å². The van der Waals surface area contributed by atoms with E-state index in [1.807, 2.05) is 12.1 Å². The first kappa shape index (κ1) is 34.5. The van der Waals surface area contributed by atoms with E-state index in [4.69, 9.17) is 19.4 Å². The van der Waals surface area contributed by atoms with Gasteiger partial charge in [0.2, 0.25) is 0 Å². The topological polar surface area (TPSA) is 56.7 Å². The SMILES string of the molecule is c1ccc2cc3c(cc2c1)c1ccc2ccccc2c1n3-c1cc(-c2nc(-c3ccc4c(c3)sc3ccccc34)nc(-c3cccc4ccccc34)n2)c2oc3ccccc3c2c1. The van der Waals surface area contributed by atoms with Gasteiger partial charge in [-0.2, -0.15) is 0 Å². The van der Waals surface area contributed by atoms with E-state index in [1.54, 1.807) is 11.3 Å². The first-order valence-corrected chi connectivity index (χ1v) is 22.0. The van der Waals surface area contributed by atoms with Crippen LogP contribution in [0.1, 0.15) is 0 Å². The fraction of sp³-hybridized carbons (Fsp3) is 0. The van der Waals surface area contributed by atoms with E-state index in [1.165, 1.54) is 52.5 Å². The number of benzene rings is 10. The number of hydrogen-bond donors (Lipinski definition) is 0. The molecule has 0 aliphatic rings. The smallest absolute Gasteiger partial charge is 0.167 e. The van der Waals surface area contributed by atoms with Gasteiger partial charge in [-0.05, 0) is 69.4 Å². The van der Waals surface area contributed by atoms with Crippen LogP contribution in [0.3, 0.4) is 0 Å². The second-order valence-corrected chi connectivity index (χ2v) is 17.4. The van der Waals surface area contributed by atoms with Crippen LogP contribution in [0.25, 0.3) is 136 Å². The van der Waals surface area contributed by atoms with Gasteiger partial charge in [-0.25, -0.2) is 15.0 Å². The summed E-state index contributed by atoms with van der Waals surface area (Å²) in [6.07, 6.45) is 0. The molecule has 0 N–H and O–H groups in total. The summed E-state index contributed by atoms with van der Waals surface area (Å²) in [7, 11) is 0. The van der Waals surface area contributed by atoms with E-state index in [9.17, 15) is 0 Å². The van der Waals surface area contributed by atoms with Crippen molar-refractivity contribution in [2.24, 2.45) is 0 Å². The van der Waals surface area contributed by atoms with Crippen LogP contribution in [-0.4, -0.2) is 19.5 Å². The summed E-state index contributed by atoms with van der Waals surface area (Å²) in [4.78, 5) is 16.1. The number of aromatic nitrogens is 4. The average molecular weight is 821 g/mol. The maximum absolute atomic E-state index is 6.86. The number of hydrogen-bond acceptors (Lipinski definition) is 5. The maximum Gasteiger partial charge on any atom is 0.167 e. The Bertz CT molecular complexity index is 4230. The highest BCUT2D eigenvalue weighted by Gasteiger charge is 2.23. The molecule has 0 fully saturated rings. The average Bonchev–Trinajstić information content (AvgIpc) is 4.02. The predicted octanol–water partition coefficient (Wildman–Crippen LogP) is 15.7. The van der Waals surface area contributed by atoms with Crippen LogP contribution in [0.4, 0.5) is 0 Å². The van der Waals surface area contributed by atoms with Crippen molar-refractivity contribution in [2.75, 3.05) is 0 Å². The summed E-state index contributed by atoms with van der Waals surface area (Å²) in [5.74, 6) is 1.75. The van der Waals surface area contributed by atoms with Gasteiger partial charge in [0.05, 0.1) is 16.6 Å². The number of fused-ring (bicyclic) bond motifs is 13. The van der Waals surface area contributed by atoms with E-state index in [0.29, 0.717) is 17.5 Å². The highest BCUT2D eigenvalue weighted by atomic mass is 32.1. The van der Waals surface area contributed by atoms with Gasteiger partial charge in [-0.1, -0.05) is 152 Å². The standard InChI is InChI=1S/C57H32N4OS/c1-2-15-36-29-49-46(28-35(36)14-1)44-27-24-34-13-4-6-18-40(34)53(44)61(49)38-31-47-41-19-7-9-22-50(41)62-54(47)48(32-38)57-59-55(37-25-26-43-42-20-8-10-23-51(42)63-52(43)30-37)58-56(60-57)45-21-11-16-33-12-3-5-17-39(33)45/h1-32H. The zero-order valence-electron chi connectivity index (χ0n) is 33.6. The van der Waals surface area contributed by atoms with Crippen LogP contribution in [0.2, 0.25) is 0 Å². The van der Waals surface area contributed by atoms with Crippen molar-refractivity contribution in [3.63, 3.8) is 0 Å². The zero-order valence-corrected chi connectivity index (χ0v) is 34.4. The molecule has 10 aromatic carbocycles. The largest absolute Gasteiger partial charge is 0.455 e. The van der Waals surface area contributed by atoms with Gasteiger partial charge in [-0.15, -0.1) is 11.3 Å². The fourth-order valence-electron chi connectivity index (χ4n) is 9.87. The Labute approximate surface area is 363 Å². The van der Waals surface area contributed by atoms with E-state index in [0.717, 1.165) is 66.1 Å². The molecule has 292 valence electrons. The number of furan rings is 1. The lowest BCUT2D eigenvalue weighted by atomic mass is 10.0. The summed E-state index contributed by atoms with van der Waals surface area (Å²) in [5.41, 5.74) is 7.48. The minimum absolute atomic E-state index is 0.543. The monoisotopic (exact) mass is 820 g/mol. The molecule has 14 aromatic rings. The molecule has 4 aromatic heterocycles. The van der Waals surface area contributed by atoms with Gasteiger partial charge in [0, 0.05) is 63.9 Å². The second kappa shape index (κ2) is 13.2. The maximum atomic E-state index is 6.86. The minimum Gasteiger partial charge on any atom is -0.455 e. The van der Waals surface area contributed by atoms with Crippen molar-refractivity contribution in [1.82, 2.24) is 19.5 Å². The van der Waals surface area contributed by atoms with Crippen LogP contribution < -0.4 is 0 Å². The van der Waals surface area contributed by atoms with Crippen LogP contribution in [0.15, 0.2) is 199 Å². The lowest BCUT2D eigenvalue weighted by Crippen LogP contribution is -2.02. The molecule has 0 aliphatic heterocycles. The Morgan fingerprint density at radius 3 is 1.87 bits per heavy atom. The third-order valence-corrected chi connectivity index (χ3v) is 13.9. The Morgan fingerprint density at radius 2 is 1.02 bits per heavy atom. The first-order valence-electron chi connectivity index (χ1n) is 21.2. The van der Waals surface area contributed by atoms with Crippen molar-refractivity contribution >= 4 is 108 Å². The fourth-order valence-corrected chi connectivity index (χ4v) is 11.0. The van der Waals surface area contributed by atoms with E-state index in [-0.39, 0.29) is 0 Å². The van der Waals surface area contributed by atoms with Gasteiger partial charge >= 0.3 is 0 Å². The molecule has 5 nitrogen and oxygen atoms in total. The summed E-state index contributed by atoms with van der Waals surface area (Å²) in [6, 6.07) is 69.2. The van der Waals surface area contributed by atoms with Crippen LogP contribution in [-0.2, 0) is 0 Å². The molecule has 0 unspecified atom stereocenters. The van der Waals surface area contributed by atoms with Gasteiger partial charge in [0.25, 0.3) is 0 Å². The molecule has 0 aliphatic carbocycles. The lowest BCUT2D eigenvalue weighted by Gasteiger charge is -2.14. The number of para-hydroxylation sites is 1. The number of nitrogens with zero attached hydrogens (tertiary/aromatic N) is 4. The molecule has 0 saturated carbocycles. The Morgan fingerprint density at radius 1 is 0.381 bits per heavy atom. The van der Waals surface area contributed by atoms with Gasteiger partial charge in [0.1, 0.15) is 11.2 Å². The Hall–Kier alpha value is -8.19. The molecule has 0 radical (unpaired) electrons. The number of rotatable bonds is 4. The Balaban J connectivity index is 1.10. The van der Waals surface area contributed by atoms with Crippen LogP contribution in [0, 0.1) is 0 Å². The van der Waals surface area contributed by atoms with E-state index < -0.39 is 0 Å². The zero-order chi connectivity index (χ0) is 41.2. The molecule has 0 spiro atoms. The summed E-state index contributed by atoms with van der Waals surface area (Å²) >= 11 is 1.79. The van der Waals surface area contributed by atoms with Gasteiger partial charge in [0.15, 0.2) is 17.5 Å². The highest BCUT2D eigenvalue weighted by molar-refractivity contribution is 7.25. The van der Waals surface area contributed by atoms with Crippen molar-refractivity contribution < 1.29 is 4.42 Å². The molecule has 0 atom stereocenters. The predicted molar refractivity (Wildman–Crippen MR) is 263 cm³/mol.